The highest BCUT2D eigenvalue weighted by molar-refractivity contribution is 8.18. The summed E-state index contributed by atoms with van der Waals surface area (Å²) in [6.45, 7) is 4.55. The number of carbonyl (C=O) groups excluding carboxylic acids is 1. The molecule has 0 radical (unpaired) electrons. The van der Waals surface area contributed by atoms with Crippen LogP contribution < -0.4 is 0 Å². The summed E-state index contributed by atoms with van der Waals surface area (Å²) in [5.74, 6) is -1.08. The summed E-state index contributed by atoms with van der Waals surface area (Å²) in [7, 11) is 0. The highest BCUT2D eigenvalue weighted by Crippen LogP contribution is 2.41. The number of ether oxygens (including phenoxy) is 1. The Labute approximate surface area is 235 Å². The van der Waals surface area contributed by atoms with Crippen LogP contribution in [-0.2, 0) is 22.5 Å². The van der Waals surface area contributed by atoms with Gasteiger partial charge in [0.05, 0.1) is 22.7 Å². The Bertz CT molecular complexity index is 1640. The molecule has 5 rings (SSSR count). The second-order valence-corrected chi connectivity index (χ2v) is 10.4. The van der Waals surface area contributed by atoms with Gasteiger partial charge in [0.2, 0.25) is 0 Å². The minimum atomic E-state index is -0.634. The summed E-state index contributed by atoms with van der Waals surface area (Å²) >= 11 is 7.22. The zero-order valence-electron chi connectivity index (χ0n) is 21.4. The molecule has 2 heterocycles. The molecule has 1 aliphatic rings. The molecule has 0 aliphatic carbocycles. The van der Waals surface area contributed by atoms with Gasteiger partial charge in [0.15, 0.2) is 0 Å². The van der Waals surface area contributed by atoms with E-state index >= 15 is 0 Å². The number of aliphatic hydroxyl groups is 1. The number of benzene rings is 3. The summed E-state index contributed by atoms with van der Waals surface area (Å²) in [4.78, 5) is 17.9. The molecule has 0 fully saturated rings. The highest BCUT2D eigenvalue weighted by atomic mass is 35.5. The van der Waals surface area contributed by atoms with Crippen molar-refractivity contribution in [3.63, 3.8) is 0 Å². The van der Waals surface area contributed by atoms with Crippen LogP contribution >= 0.6 is 23.4 Å². The van der Waals surface area contributed by atoms with Gasteiger partial charge in [-0.3, -0.25) is 0 Å². The van der Waals surface area contributed by atoms with E-state index in [9.17, 15) is 14.3 Å². The Morgan fingerprint density at radius 3 is 2.54 bits per heavy atom. The van der Waals surface area contributed by atoms with Crippen LogP contribution in [0.2, 0.25) is 5.02 Å². The number of nitrogens with zero attached hydrogens (tertiary/aromatic N) is 2. The Hall–Kier alpha value is -3.81. The molecular weight excluding hydrogens is 535 g/mol. The van der Waals surface area contributed by atoms with Gasteiger partial charge in [0.1, 0.15) is 22.2 Å². The predicted octanol–water partition coefficient (Wildman–Crippen LogP) is 8.24. The molecule has 8 heteroatoms. The fourth-order valence-corrected chi connectivity index (χ4v) is 5.69. The van der Waals surface area contributed by atoms with Crippen molar-refractivity contribution in [3.05, 3.63) is 117 Å². The first kappa shape index (κ1) is 26.8. The van der Waals surface area contributed by atoms with Gasteiger partial charge in [0.25, 0.3) is 0 Å². The zero-order chi connectivity index (χ0) is 27.5. The number of hydrogen-bond acceptors (Lipinski definition) is 5. The first-order valence-electron chi connectivity index (χ1n) is 12.6. The van der Waals surface area contributed by atoms with Crippen molar-refractivity contribution in [2.75, 3.05) is 6.61 Å². The summed E-state index contributed by atoms with van der Waals surface area (Å²) in [6.07, 6.45) is 4.73. The molecule has 0 amide bonds. The number of aromatic nitrogens is 1. The van der Waals surface area contributed by atoms with E-state index in [0.717, 1.165) is 28.5 Å². The number of aryl methyl sites for hydroxylation is 1. The van der Waals surface area contributed by atoms with Gasteiger partial charge in [0, 0.05) is 28.7 Å². The number of esters is 1. The maximum atomic E-state index is 13.5. The number of para-hydroxylation sites is 1. The van der Waals surface area contributed by atoms with Gasteiger partial charge in [-0.15, -0.1) is 0 Å². The minimum absolute atomic E-state index is 0.0346. The average Bonchev–Trinajstić information content (AvgIpc) is 3.43. The lowest BCUT2D eigenvalue weighted by Crippen LogP contribution is -2.12. The number of aliphatic hydroxyl groups excluding tert-OH is 1. The van der Waals surface area contributed by atoms with Gasteiger partial charge in [-0.1, -0.05) is 60.6 Å². The molecule has 5 nitrogen and oxygen atoms in total. The Morgan fingerprint density at radius 1 is 1.10 bits per heavy atom. The molecule has 0 saturated carbocycles. The van der Waals surface area contributed by atoms with Crippen molar-refractivity contribution in [1.29, 1.82) is 0 Å². The van der Waals surface area contributed by atoms with E-state index in [-0.39, 0.29) is 23.8 Å². The summed E-state index contributed by atoms with van der Waals surface area (Å²) in [5, 5.41) is 13.1. The molecular formula is C31H26ClFN2O3S. The molecule has 0 atom stereocenters. The van der Waals surface area contributed by atoms with Crippen molar-refractivity contribution < 1.29 is 19.0 Å². The molecule has 1 aromatic heterocycles. The van der Waals surface area contributed by atoms with Gasteiger partial charge < -0.3 is 14.4 Å². The Morgan fingerprint density at radius 2 is 1.85 bits per heavy atom. The summed E-state index contributed by atoms with van der Waals surface area (Å²) < 4.78 is 20.9. The van der Waals surface area contributed by atoms with E-state index in [0.29, 0.717) is 27.2 Å². The lowest BCUT2D eigenvalue weighted by Gasteiger charge is -2.09. The maximum absolute atomic E-state index is 13.5. The van der Waals surface area contributed by atoms with Crippen LogP contribution in [0.25, 0.3) is 17.0 Å². The molecule has 0 unspecified atom stereocenters. The lowest BCUT2D eigenvalue weighted by molar-refractivity contribution is -0.138. The van der Waals surface area contributed by atoms with Gasteiger partial charge in [-0.05, 0) is 66.9 Å². The Balaban J connectivity index is 1.61. The molecule has 0 spiro atoms. The monoisotopic (exact) mass is 560 g/mol. The average molecular weight is 561 g/mol. The molecule has 1 aliphatic heterocycles. The van der Waals surface area contributed by atoms with Crippen molar-refractivity contribution in [3.8, 4) is 0 Å². The van der Waals surface area contributed by atoms with Gasteiger partial charge >= 0.3 is 5.97 Å². The van der Waals surface area contributed by atoms with Gasteiger partial charge in [-0.25, -0.2) is 14.2 Å². The third kappa shape index (κ3) is 5.65. The smallest absolute Gasteiger partial charge is 0.344 e. The van der Waals surface area contributed by atoms with Crippen LogP contribution in [0, 0.1) is 5.82 Å². The SMILES string of the molecule is CCOC(=O)C1=C(O)/C(=C/c2cn(Cc3ccc(F)cc3)c3c(CC)cccc23)SC1=Nc1ccc(Cl)cc1. The second-order valence-electron chi connectivity index (χ2n) is 8.95. The van der Waals surface area contributed by atoms with Crippen LogP contribution in [0.3, 0.4) is 0 Å². The van der Waals surface area contributed by atoms with E-state index in [4.69, 9.17) is 16.3 Å². The van der Waals surface area contributed by atoms with E-state index in [2.05, 4.69) is 22.5 Å². The fraction of sp³-hybridized carbons (Fsp3) is 0.161. The normalized spacial score (nSPS) is 15.6. The van der Waals surface area contributed by atoms with Crippen molar-refractivity contribution in [1.82, 2.24) is 4.57 Å². The molecule has 3 aromatic carbocycles. The van der Waals surface area contributed by atoms with E-state index in [1.807, 2.05) is 24.4 Å². The number of halogens is 2. The van der Waals surface area contributed by atoms with Crippen molar-refractivity contribution in [2.45, 2.75) is 26.8 Å². The van der Waals surface area contributed by atoms with Crippen LogP contribution in [0.4, 0.5) is 10.1 Å². The fourth-order valence-electron chi connectivity index (χ4n) is 4.54. The van der Waals surface area contributed by atoms with Crippen molar-refractivity contribution in [2.24, 2.45) is 4.99 Å². The first-order valence-corrected chi connectivity index (χ1v) is 13.8. The third-order valence-corrected chi connectivity index (χ3v) is 7.65. The molecule has 0 bridgehead atoms. The van der Waals surface area contributed by atoms with Crippen LogP contribution in [0.15, 0.2) is 94.2 Å². The number of thioether (sulfide) groups is 1. The molecule has 39 heavy (non-hydrogen) atoms. The largest absolute Gasteiger partial charge is 0.506 e. The Kier molecular flexibility index (Phi) is 7.91. The van der Waals surface area contributed by atoms with Crippen LogP contribution in [0.5, 0.6) is 0 Å². The van der Waals surface area contributed by atoms with E-state index < -0.39 is 5.97 Å². The predicted molar refractivity (Wildman–Crippen MR) is 157 cm³/mol. The second kappa shape index (κ2) is 11.5. The van der Waals surface area contributed by atoms with E-state index in [1.54, 1.807) is 43.3 Å². The highest BCUT2D eigenvalue weighted by Gasteiger charge is 2.33. The lowest BCUT2D eigenvalue weighted by atomic mass is 10.1. The molecule has 198 valence electrons. The number of carbonyl (C=O) groups is 1. The topological polar surface area (TPSA) is 63.8 Å². The third-order valence-electron chi connectivity index (χ3n) is 6.37. The van der Waals surface area contributed by atoms with E-state index in [1.165, 1.54) is 29.5 Å². The van der Waals surface area contributed by atoms with Crippen molar-refractivity contribution >= 4 is 57.0 Å². The maximum Gasteiger partial charge on any atom is 0.344 e. The summed E-state index contributed by atoms with van der Waals surface area (Å²) in [5.41, 5.74) is 4.73. The van der Waals surface area contributed by atoms with Crippen LogP contribution in [0.1, 0.15) is 30.5 Å². The van der Waals surface area contributed by atoms with Gasteiger partial charge in [-0.2, -0.15) is 0 Å². The first-order chi connectivity index (χ1) is 18.9. The quantitative estimate of drug-likeness (QED) is 0.231. The minimum Gasteiger partial charge on any atom is -0.506 e. The molecule has 1 N–H and O–H groups in total. The molecule has 0 saturated heterocycles. The van der Waals surface area contributed by atoms with Crippen LogP contribution in [-0.4, -0.2) is 27.3 Å². The number of fused-ring (bicyclic) bond motifs is 1. The number of rotatable bonds is 7. The number of aliphatic imine (C=N–C) groups is 1. The zero-order valence-corrected chi connectivity index (χ0v) is 23.0. The molecule has 4 aromatic rings. The summed E-state index contributed by atoms with van der Waals surface area (Å²) in [6, 6.07) is 19.5. The standard InChI is InChI=1S/C31H26ClFN2O3S/c1-3-20-6-5-7-25-21(18-35(28(20)25)17-19-8-12-23(33)13-9-19)16-26-29(36)27(31(37)38-4-2)30(39-26)34-24-14-10-22(32)11-15-24/h5-16,18,36H,3-4,17H2,1-2H3/b26-16-,34-30?. The number of hydrogen-bond donors (Lipinski definition) is 1.